The van der Waals surface area contributed by atoms with E-state index in [1.807, 2.05) is 14.1 Å². The summed E-state index contributed by atoms with van der Waals surface area (Å²) in [5, 5.41) is 3.11. The van der Waals surface area contributed by atoms with Crippen molar-refractivity contribution in [1.82, 2.24) is 14.5 Å². The van der Waals surface area contributed by atoms with Crippen LogP contribution in [0.2, 0.25) is 0 Å². The van der Waals surface area contributed by atoms with Crippen LogP contribution >= 0.6 is 0 Å². The highest BCUT2D eigenvalue weighted by molar-refractivity contribution is 5.30. The number of nitrogens with one attached hydrogen (secondary N) is 1. The van der Waals surface area contributed by atoms with Crippen LogP contribution in [-0.4, -0.2) is 41.6 Å². The first-order valence-corrected chi connectivity index (χ1v) is 6.44. The van der Waals surface area contributed by atoms with Gasteiger partial charge in [-0.15, -0.1) is 0 Å². The van der Waals surface area contributed by atoms with Gasteiger partial charge in [0.1, 0.15) is 0 Å². The molecule has 1 rings (SSSR count). The molecule has 0 aliphatic heterocycles. The molecule has 0 saturated carbocycles. The number of anilines is 1. The third-order valence-corrected chi connectivity index (χ3v) is 2.55. The molecule has 5 nitrogen and oxygen atoms in total. The van der Waals surface area contributed by atoms with E-state index in [9.17, 15) is 4.79 Å². The molecule has 1 heterocycles. The van der Waals surface area contributed by atoms with Gasteiger partial charge >= 0.3 is 0 Å². The lowest BCUT2D eigenvalue weighted by atomic mass is 10.2. The van der Waals surface area contributed by atoms with Gasteiger partial charge in [0, 0.05) is 25.5 Å². The van der Waals surface area contributed by atoms with Gasteiger partial charge in [-0.05, 0) is 33.0 Å². The number of nitrogens with zero attached hydrogens (tertiary/aromatic N) is 3. The fraction of sp³-hybridized carbons (Fsp3) is 0.692. The Labute approximate surface area is 109 Å². The van der Waals surface area contributed by atoms with Crippen LogP contribution in [0.15, 0.2) is 17.2 Å². The minimum absolute atomic E-state index is 0.0314. The molecule has 18 heavy (non-hydrogen) atoms. The second-order valence-corrected chi connectivity index (χ2v) is 5.21. The van der Waals surface area contributed by atoms with Crippen LogP contribution in [0.5, 0.6) is 0 Å². The Morgan fingerprint density at radius 2 is 2.17 bits per heavy atom. The van der Waals surface area contributed by atoms with Crippen LogP contribution in [0.4, 0.5) is 5.82 Å². The quantitative estimate of drug-likeness (QED) is 0.742. The van der Waals surface area contributed by atoms with Gasteiger partial charge in [-0.3, -0.25) is 4.79 Å². The molecule has 0 aliphatic rings. The fourth-order valence-corrected chi connectivity index (χ4v) is 1.71. The van der Waals surface area contributed by atoms with E-state index in [1.54, 1.807) is 17.0 Å². The van der Waals surface area contributed by atoms with E-state index in [-0.39, 0.29) is 5.56 Å². The Bertz CT molecular complexity index is 412. The molecule has 1 aromatic heterocycles. The monoisotopic (exact) mass is 252 g/mol. The highest BCUT2D eigenvalue weighted by atomic mass is 16.1. The van der Waals surface area contributed by atoms with Crippen molar-refractivity contribution in [2.45, 2.75) is 26.8 Å². The number of hydrogen-bond acceptors (Lipinski definition) is 4. The zero-order chi connectivity index (χ0) is 13.5. The first-order chi connectivity index (χ1) is 8.50. The molecule has 0 amide bonds. The summed E-state index contributed by atoms with van der Waals surface area (Å²) in [5.74, 6) is 0.906. The zero-order valence-corrected chi connectivity index (χ0v) is 11.8. The van der Waals surface area contributed by atoms with Crippen LogP contribution in [0, 0.1) is 5.92 Å². The maximum atomic E-state index is 12.1. The molecule has 1 N–H and O–H groups in total. The topological polar surface area (TPSA) is 50.2 Å². The minimum atomic E-state index is -0.0314. The van der Waals surface area contributed by atoms with Gasteiger partial charge in [0.25, 0.3) is 5.56 Å². The number of hydrogen-bond donors (Lipinski definition) is 1. The predicted octanol–water partition coefficient (Wildman–Crippen LogP) is 1.26. The van der Waals surface area contributed by atoms with Crippen molar-refractivity contribution < 1.29 is 0 Å². The maximum Gasteiger partial charge on any atom is 0.293 e. The van der Waals surface area contributed by atoms with Crippen molar-refractivity contribution in [2.75, 3.05) is 32.5 Å². The summed E-state index contributed by atoms with van der Waals surface area (Å²) in [7, 11) is 4.08. The molecule has 0 aliphatic carbocycles. The molecule has 0 saturated heterocycles. The molecule has 0 bridgehead atoms. The molecular weight excluding hydrogens is 228 g/mol. The zero-order valence-electron chi connectivity index (χ0n) is 11.8. The number of aromatic nitrogens is 2. The molecule has 0 unspecified atom stereocenters. The summed E-state index contributed by atoms with van der Waals surface area (Å²) >= 11 is 0. The lowest BCUT2D eigenvalue weighted by Gasteiger charge is -2.12. The molecule has 102 valence electrons. The summed E-state index contributed by atoms with van der Waals surface area (Å²) in [6.07, 6.45) is 4.42. The van der Waals surface area contributed by atoms with Crippen LogP contribution in [-0.2, 0) is 6.54 Å². The van der Waals surface area contributed by atoms with Gasteiger partial charge in [-0.2, -0.15) is 0 Å². The van der Waals surface area contributed by atoms with E-state index in [2.05, 4.69) is 29.0 Å². The Balaban J connectivity index is 2.58. The maximum absolute atomic E-state index is 12.1. The lowest BCUT2D eigenvalue weighted by Crippen LogP contribution is -2.27. The van der Waals surface area contributed by atoms with Crippen LogP contribution < -0.4 is 10.9 Å². The summed E-state index contributed by atoms with van der Waals surface area (Å²) in [6.45, 7) is 6.69. The van der Waals surface area contributed by atoms with Gasteiger partial charge < -0.3 is 14.8 Å². The van der Waals surface area contributed by atoms with Gasteiger partial charge in [-0.1, -0.05) is 13.8 Å². The standard InChI is InChI=1S/C13H24N4O/c1-11(2)10-17-9-7-15-12(13(17)18)14-6-5-8-16(3)4/h7,9,11H,5-6,8,10H2,1-4H3,(H,14,15). The van der Waals surface area contributed by atoms with E-state index >= 15 is 0 Å². The average Bonchev–Trinajstić information content (AvgIpc) is 2.28. The third-order valence-electron chi connectivity index (χ3n) is 2.55. The highest BCUT2D eigenvalue weighted by Crippen LogP contribution is 1.98. The first kappa shape index (κ1) is 14.7. The second-order valence-electron chi connectivity index (χ2n) is 5.21. The van der Waals surface area contributed by atoms with Crippen molar-refractivity contribution in [3.05, 3.63) is 22.7 Å². The van der Waals surface area contributed by atoms with E-state index < -0.39 is 0 Å². The molecular formula is C13H24N4O. The Morgan fingerprint density at radius 3 is 2.78 bits per heavy atom. The lowest BCUT2D eigenvalue weighted by molar-refractivity contribution is 0.405. The van der Waals surface area contributed by atoms with Gasteiger partial charge in [-0.25, -0.2) is 4.98 Å². The summed E-state index contributed by atoms with van der Waals surface area (Å²) in [4.78, 5) is 18.3. The largest absolute Gasteiger partial charge is 0.365 e. The van der Waals surface area contributed by atoms with E-state index in [4.69, 9.17) is 0 Å². The van der Waals surface area contributed by atoms with Crippen LogP contribution in [0.1, 0.15) is 20.3 Å². The summed E-state index contributed by atoms with van der Waals surface area (Å²) < 4.78 is 1.71. The average molecular weight is 252 g/mol. The molecule has 1 aromatic rings. The van der Waals surface area contributed by atoms with Crippen molar-refractivity contribution in [3.8, 4) is 0 Å². The Hall–Kier alpha value is -1.36. The van der Waals surface area contributed by atoms with Crippen molar-refractivity contribution in [1.29, 1.82) is 0 Å². The van der Waals surface area contributed by atoms with E-state index in [0.717, 1.165) is 26.1 Å². The molecule has 0 fully saturated rings. The van der Waals surface area contributed by atoms with Crippen molar-refractivity contribution in [2.24, 2.45) is 5.92 Å². The fourth-order valence-electron chi connectivity index (χ4n) is 1.71. The van der Waals surface area contributed by atoms with Crippen molar-refractivity contribution in [3.63, 3.8) is 0 Å². The third kappa shape index (κ3) is 4.87. The van der Waals surface area contributed by atoms with E-state index in [0.29, 0.717) is 11.7 Å². The molecule has 0 spiro atoms. The number of rotatable bonds is 7. The Kier molecular flexibility index (Phi) is 5.85. The SMILES string of the molecule is CC(C)Cn1ccnc(NCCCN(C)C)c1=O. The molecule has 0 atom stereocenters. The first-order valence-electron chi connectivity index (χ1n) is 6.44. The predicted molar refractivity (Wildman–Crippen MR) is 75.0 cm³/mol. The minimum Gasteiger partial charge on any atom is -0.365 e. The van der Waals surface area contributed by atoms with E-state index in [1.165, 1.54) is 0 Å². The van der Waals surface area contributed by atoms with Crippen molar-refractivity contribution >= 4 is 5.82 Å². The second kappa shape index (κ2) is 7.16. The highest BCUT2D eigenvalue weighted by Gasteiger charge is 2.05. The normalized spacial score (nSPS) is 11.2. The molecule has 0 aromatic carbocycles. The van der Waals surface area contributed by atoms with Gasteiger partial charge in [0.15, 0.2) is 5.82 Å². The van der Waals surface area contributed by atoms with Gasteiger partial charge in [0.05, 0.1) is 0 Å². The Morgan fingerprint density at radius 1 is 1.44 bits per heavy atom. The van der Waals surface area contributed by atoms with Gasteiger partial charge in [0.2, 0.25) is 0 Å². The summed E-state index contributed by atoms with van der Waals surface area (Å²) in [6, 6.07) is 0. The van der Waals surface area contributed by atoms with Crippen LogP contribution in [0.25, 0.3) is 0 Å². The summed E-state index contributed by atoms with van der Waals surface area (Å²) in [5.41, 5.74) is -0.0314. The smallest absolute Gasteiger partial charge is 0.293 e. The molecule has 5 heteroatoms. The molecule has 0 radical (unpaired) electrons. The van der Waals surface area contributed by atoms with Crippen LogP contribution in [0.3, 0.4) is 0 Å².